The summed E-state index contributed by atoms with van der Waals surface area (Å²) in [6.45, 7) is 0. The average molecular weight is 162 g/mol. The van der Waals surface area contributed by atoms with Crippen molar-refractivity contribution in [1.29, 1.82) is 10.5 Å². The molecule has 60 valence electrons. The summed E-state index contributed by atoms with van der Waals surface area (Å²) < 4.78 is 0. The van der Waals surface area contributed by atoms with E-state index in [9.17, 15) is 5.11 Å². The van der Waals surface area contributed by atoms with Crippen LogP contribution in [0.5, 0.6) is 0 Å². The van der Waals surface area contributed by atoms with Crippen LogP contribution >= 0.6 is 0 Å². The van der Waals surface area contributed by atoms with E-state index in [1.54, 1.807) is 12.1 Å². The molecule has 1 unspecified atom stereocenters. The minimum absolute atomic E-state index is 0.0579. The van der Waals surface area contributed by atoms with Gasteiger partial charge in [0.1, 0.15) is 17.4 Å². The lowest BCUT2D eigenvalue weighted by Crippen LogP contribution is -2.15. The molecule has 1 rings (SSSR count). The molecule has 4 heteroatoms. The number of rotatable bonds is 0. The summed E-state index contributed by atoms with van der Waals surface area (Å²) in [5.41, 5.74) is -0.186. The minimum Gasteiger partial charge on any atom is -0.507 e. The number of aliphatic hydroxyl groups is 2. The van der Waals surface area contributed by atoms with Gasteiger partial charge in [0.05, 0.1) is 17.7 Å². The molecule has 12 heavy (non-hydrogen) atoms. The molecule has 0 aromatic rings. The maximum Gasteiger partial charge on any atom is 0.130 e. The summed E-state index contributed by atoms with van der Waals surface area (Å²) in [5.74, 6) is -0.223. The number of nitrogens with zero attached hydrogens (tertiary/aromatic N) is 2. The zero-order chi connectivity index (χ0) is 9.14. The maximum atomic E-state index is 9.20. The summed E-state index contributed by atoms with van der Waals surface area (Å²) in [7, 11) is 0. The first-order valence-electron chi connectivity index (χ1n) is 3.32. The Labute approximate surface area is 69.3 Å². The van der Waals surface area contributed by atoms with Crippen LogP contribution in [0, 0.1) is 22.7 Å². The lowest BCUT2D eigenvalue weighted by Gasteiger charge is -2.13. The van der Waals surface area contributed by atoms with Crippen LogP contribution in [0.1, 0.15) is 6.42 Å². The predicted octanol–water partition coefficient (Wildman–Crippen LogP) is 0.537. The second-order valence-electron chi connectivity index (χ2n) is 2.35. The van der Waals surface area contributed by atoms with Gasteiger partial charge < -0.3 is 10.2 Å². The highest BCUT2D eigenvalue weighted by molar-refractivity contribution is 5.51. The number of aliphatic hydroxyl groups excluding tert-OH is 2. The van der Waals surface area contributed by atoms with Crippen molar-refractivity contribution in [3.8, 4) is 12.1 Å². The normalized spacial score (nSPS) is 22.6. The molecule has 0 spiro atoms. The van der Waals surface area contributed by atoms with Crippen molar-refractivity contribution in [3.05, 3.63) is 23.0 Å². The standard InChI is InChI=1S/C8H6N2O2/c9-3-5-6(4-10)8(12)2-1-7(5)11/h1,8,11-12H,2H2. The van der Waals surface area contributed by atoms with Gasteiger partial charge in [-0.15, -0.1) is 0 Å². The highest BCUT2D eigenvalue weighted by Crippen LogP contribution is 2.22. The van der Waals surface area contributed by atoms with Gasteiger partial charge in [-0.05, 0) is 6.08 Å². The SMILES string of the molecule is N#CC1=C(C#N)C(O)CC=C1O. The van der Waals surface area contributed by atoms with E-state index in [4.69, 9.17) is 15.6 Å². The smallest absolute Gasteiger partial charge is 0.130 e. The fourth-order valence-corrected chi connectivity index (χ4v) is 0.996. The molecule has 0 bridgehead atoms. The molecule has 0 aliphatic heterocycles. The van der Waals surface area contributed by atoms with E-state index < -0.39 is 6.10 Å². The Bertz CT molecular complexity index is 341. The van der Waals surface area contributed by atoms with Crippen molar-refractivity contribution in [2.24, 2.45) is 0 Å². The maximum absolute atomic E-state index is 9.20. The van der Waals surface area contributed by atoms with E-state index in [1.165, 1.54) is 6.08 Å². The van der Waals surface area contributed by atoms with Crippen molar-refractivity contribution >= 4 is 0 Å². The van der Waals surface area contributed by atoms with Gasteiger partial charge in [-0.2, -0.15) is 10.5 Å². The van der Waals surface area contributed by atoms with Gasteiger partial charge in [0.15, 0.2) is 0 Å². The molecular formula is C8H6N2O2. The van der Waals surface area contributed by atoms with Crippen LogP contribution in [0.15, 0.2) is 23.0 Å². The topological polar surface area (TPSA) is 88.0 Å². The third-order valence-corrected chi connectivity index (χ3v) is 1.63. The van der Waals surface area contributed by atoms with Crippen LogP contribution in [-0.2, 0) is 0 Å². The molecule has 4 nitrogen and oxygen atoms in total. The summed E-state index contributed by atoms with van der Waals surface area (Å²) in [4.78, 5) is 0. The Morgan fingerprint density at radius 1 is 1.42 bits per heavy atom. The predicted molar refractivity (Wildman–Crippen MR) is 39.6 cm³/mol. The monoisotopic (exact) mass is 162 g/mol. The highest BCUT2D eigenvalue weighted by atomic mass is 16.3. The molecule has 2 N–H and O–H groups in total. The van der Waals surface area contributed by atoms with Gasteiger partial charge in [-0.3, -0.25) is 0 Å². The Morgan fingerprint density at radius 3 is 2.50 bits per heavy atom. The molecule has 0 saturated heterocycles. The number of allylic oxidation sites excluding steroid dienone is 1. The second-order valence-corrected chi connectivity index (χ2v) is 2.35. The van der Waals surface area contributed by atoms with Gasteiger partial charge in [0, 0.05) is 6.42 Å². The largest absolute Gasteiger partial charge is 0.507 e. The quantitative estimate of drug-likeness (QED) is 0.544. The Kier molecular flexibility index (Phi) is 2.14. The summed E-state index contributed by atoms with van der Waals surface area (Å²) in [5, 5.41) is 35.3. The number of hydrogen-bond acceptors (Lipinski definition) is 4. The Hall–Kier alpha value is -1.78. The fourth-order valence-electron chi connectivity index (χ4n) is 0.996. The zero-order valence-electron chi connectivity index (χ0n) is 6.15. The molecule has 1 aliphatic carbocycles. The Balaban J connectivity index is 3.22. The Morgan fingerprint density at radius 2 is 2.08 bits per heavy atom. The zero-order valence-corrected chi connectivity index (χ0v) is 6.15. The number of nitriles is 2. The molecule has 0 aromatic carbocycles. The minimum atomic E-state index is -0.958. The first-order chi connectivity index (χ1) is 5.70. The summed E-state index contributed by atoms with van der Waals surface area (Å²) in [6.07, 6.45) is 0.546. The third-order valence-electron chi connectivity index (χ3n) is 1.63. The molecule has 1 atom stereocenters. The molecule has 0 amide bonds. The van der Waals surface area contributed by atoms with Crippen molar-refractivity contribution < 1.29 is 10.2 Å². The summed E-state index contributed by atoms with van der Waals surface area (Å²) >= 11 is 0. The first kappa shape index (κ1) is 8.32. The third kappa shape index (κ3) is 1.16. The van der Waals surface area contributed by atoms with Gasteiger partial charge in [-0.1, -0.05) is 0 Å². The van der Waals surface area contributed by atoms with Gasteiger partial charge in [0.2, 0.25) is 0 Å². The molecule has 0 radical (unpaired) electrons. The van der Waals surface area contributed by atoms with Crippen LogP contribution in [0.3, 0.4) is 0 Å². The average Bonchev–Trinajstić information content (AvgIpc) is 2.08. The van der Waals surface area contributed by atoms with Crippen LogP contribution in [0.4, 0.5) is 0 Å². The van der Waals surface area contributed by atoms with E-state index in [-0.39, 0.29) is 23.3 Å². The second kappa shape index (κ2) is 3.08. The lowest BCUT2D eigenvalue weighted by atomic mass is 9.95. The molecular weight excluding hydrogens is 156 g/mol. The number of hydrogen-bond donors (Lipinski definition) is 2. The van der Waals surface area contributed by atoms with E-state index in [1.807, 2.05) is 0 Å². The van der Waals surface area contributed by atoms with Gasteiger partial charge >= 0.3 is 0 Å². The van der Waals surface area contributed by atoms with Gasteiger partial charge in [0.25, 0.3) is 0 Å². The highest BCUT2D eigenvalue weighted by Gasteiger charge is 2.22. The van der Waals surface area contributed by atoms with E-state index in [0.29, 0.717) is 0 Å². The van der Waals surface area contributed by atoms with Crippen molar-refractivity contribution in [3.63, 3.8) is 0 Å². The first-order valence-corrected chi connectivity index (χ1v) is 3.32. The molecule has 0 saturated carbocycles. The van der Waals surface area contributed by atoms with Crippen LogP contribution in [-0.4, -0.2) is 16.3 Å². The molecule has 0 heterocycles. The van der Waals surface area contributed by atoms with E-state index in [2.05, 4.69) is 0 Å². The van der Waals surface area contributed by atoms with Crippen LogP contribution < -0.4 is 0 Å². The fraction of sp³-hybridized carbons (Fsp3) is 0.250. The van der Waals surface area contributed by atoms with Gasteiger partial charge in [-0.25, -0.2) is 0 Å². The van der Waals surface area contributed by atoms with Crippen molar-refractivity contribution in [2.45, 2.75) is 12.5 Å². The molecule has 0 fully saturated rings. The lowest BCUT2D eigenvalue weighted by molar-refractivity contribution is 0.212. The summed E-state index contributed by atoms with van der Waals surface area (Å²) in [6, 6.07) is 3.36. The van der Waals surface area contributed by atoms with E-state index >= 15 is 0 Å². The van der Waals surface area contributed by atoms with E-state index in [0.717, 1.165) is 0 Å². The van der Waals surface area contributed by atoms with Crippen molar-refractivity contribution in [2.75, 3.05) is 0 Å². The molecule has 0 aromatic heterocycles. The molecule has 1 aliphatic rings. The van der Waals surface area contributed by atoms with Crippen LogP contribution in [0.25, 0.3) is 0 Å². The van der Waals surface area contributed by atoms with Crippen molar-refractivity contribution in [1.82, 2.24) is 0 Å². The van der Waals surface area contributed by atoms with Crippen LogP contribution in [0.2, 0.25) is 0 Å².